The largest absolute Gasteiger partial charge is 0.394 e. The molecule has 0 amide bonds. The second kappa shape index (κ2) is 4.06. The van der Waals surface area contributed by atoms with E-state index < -0.39 is 12.2 Å². The number of rotatable bonds is 2. The molecule has 3 rings (SSSR count). The molecular weight excluding hydrogens is 222 g/mol. The number of hydrogen-bond acceptors (Lipinski definition) is 5. The van der Waals surface area contributed by atoms with E-state index in [1.807, 2.05) is 24.3 Å². The summed E-state index contributed by atoms with van der Waals surface area (Å²) in [6.45, 7) is -0.190. The summed E-state index contributed by atoms with van der Waals surface area (Å²) < 4.78 is 7.18. The molecule has 0 spiro atoms. The number of benzene rings is 1. The van der Waals surface area contributed by atoms with Gasteiger partial charge in [-0.2, -0.15) is 0 Å². The van der Waals surface area contributed by atoms with Gasteiger partial charge in [-0.3, -0.25) is 0 Å². The fourth-order valence-corrected chi connectivity index (χ4v) is 2.13. The Kier molecular flexibility index (Phi) is 2.54. The van der Waals surface area contributed by atoms with Crippen molar-refractivity contribution in [2.45, 2.75) is 24.9 Å². The van der Waals surface area contributed by atoms with Crippen LogP contribution in [-0.4, -0.2) is 44.0 Å². The summed E-state index contributed by atoms with van der Waals surface area (Å²) in [7, 11) is 0. The lowest BCUT2D eigenvalue weighted by Gasteiger charge is -2.12. The zero-order valence-electron chi connectivity index (χ0n) is 9.10. The molecule has 1 fully saturated rings. The van der Waals surface area contributed by atoms with Crippen molar-refractivity contribution in [3.8, 4) is 0 Å². The number of aliphatic hydroxyl groups is 2. The van der Waals surface area contributed by atoms with E-state index in [-0.39, 0.29) is 12.8 Å². The molecule has 2 N–H and O–H groups in total. The molecule has 1 saturated heterocycles. The lowest BCUT2D eigenvalue weighted by Crippen LogP contribution is -2.24. The van der Waals surface area contributed by atoms with E-state index in [1.54, 1.807) is 4.68 Å². The number of aliphatic hydroxyl groups excluding tert-OH is 2. The lowest BCUT2D eigenvalue weighted by atomic mass is 10.2. The Morgan fingerprint density at radius 3 is 3.00 bits per heavy atom. The van der Waals surface area contributed by atoms with Gasteiger partial charge in [-0.15, -0.1) is 5.10 Å². The van der Waals surface area contributed by atoms with Crippen molar-refractivity contribution in [1.29, 1.82) is 0 Å². The normalized spacial score (nSPS) is 28.9. The van der Waals surface area contributed by atoms with Crippen molar-refractivity contribution in [2.24, 2.45) is 0 Å². The van der Waals surface area contributed by atoms with Gasteiger partial charge in [0.05, 0.1) is 18.2 Å². The lowest BCUT2D eigenvalue weighted by molar-refractivity contribution is -0.0474. The maximum absolute atomic E-state index is 9.68. The summed E-state index contributed by atoms with van der Waals surface area (Å²) >= 11 is 0. The molecule has 0 aliphatic carbocycles. The minimum absolute atomic E-state index is 0.190. The molecule has 1 aliphatic rings. The van der Waals surface area contributed by atoms with Crippen LogP contribution >= 0.6 is 0 Å². The first kappa shape index (κ1) is 10.6. The molecule has 2 heterocycles. The smallest absolute Gasteiger partial charge is 0.155 e. The fourth-order valence-electron chi connectivity index (χ4n) is 2.13. The topological polar surface area (TPSA) is 80.4 Å². The van der Waals surface area contributed by atoms with Crippen molar-refractivity contribution in [3.05, 3.63) is 24.3 Å². The summed E-state index contributed by atoms with van der Waals surface area (Å²) in [5.41, 5.74) is 1.65. The molecule has 0 radical (unpaired) electrons. The second-order valence-corrected chi connectivity index (χ2v) is 4.14. The Morgan fingerprint density at radius 1 is 1.41 bits per heavy atom. The molecule has 0 bridgehead atoms. The van der Waals surface area contributed by atoms with Gasteiger partial charge < -0.3 is 14.9 Å². The van der Waals surface area contributed by atoms with E-state index in [2.05, 4.69) is 10.3 Å². The quantitative estimate of drug-likeness (QED) is 0.770. The highest BCUT2D eigenvalue weighted by Gasteiger charge is 2.35. The van der Waals surface area contributed by atoms with E-state index >= 15 is 0 Å². The monoisotopic (exact) mass is 235 g/mol. The van der Waals surface area contributed by atoms with Crippen LogP contribution in [0.3, 0.4) is 0 Å². The van der Waals surface area contributed by atoms with E-state index in [0.29, 0.717) is 6.42 Å². The fraction of sp³-hybridized carbons (Fsp3) is 0.455. The Morgan fingerprint density at radius 2 is 2.24 bits per heavy atom. The Balaban J connectivity index is 1.95. The van der Waals surface area contributed by atoms with Gasteiger partial charge in [0.15, 0.2) is 6.23 Å². The third kappa shape index (κ3) is 1.70. The molecule has 17 heavy (non-hydrogen) atoms. The van der Waals surface area contributed by atoms with Crippen LogP contribution in [0.25, 0.3) is 11.0 Å². The van der Waals surface area contributed by atoms with Gasteiger partial charge in [0, 0.05) is 6.42 Å². The van der Waals surface area contributed by atoms with Crippen LogP contribution in [0.1, 0.15) is 12.6 Å². The van der Waals surface area contributed by atoms with Crippen LogP contribution in [0.15, 0.2) is 24.3 Å². The first-order valence-electron chi connectivity index (χ1n) is 5.54. The molecule has 6 heteroatoms. The van der Waals surface area contributed by atoms with Gasteiger partial charge in [-0.1, -0.05) is 17.3 Å². The molecule has 1 aliphatic heterocycles. The predicted molar refractivity (Wildman–Crippen MR) is 59.1 cm³/mol. The van der Waals surface area contributed by atoms with Crippen LogP contribution < -0.4 is 0 Å². The van der Waals surface area contributed by atoms with Crippen molar-refractivity contribution >= 4 is 11.0 Å². The molecule has 2 aromatic rings. The summed E-state index contributed by atoms with van der Waals surface area (Å²) in [6.07, 6.45) is -1.15. The highest BCUT2D eigenvalue weighted by molar-refractivity contribution is 5.73. The first-order chi connectivity index (χ1) is 8.29. The van der Waals surface area contributed by atoms with Gasteiger partial charge in [0.2, 0.25) is 0 Å². The highest BCUT2D eigenvalue weighted by Crippen LogP contribution is 2.29. The maximum atomic E-state index is 9.68. The molecule has 1 aromatic heterocycles. The van der Waals surface area contributed by atoms with Gasteiger partial charge in [0.25, 0.3) is 0 Å². The Labute approximate surface area is 97.4 Å². The maximum Gasteiger partial charge on any atom is 0.155 e. The van der Waals surface area contributed by atoms with Gasteiger partial charge in [-0.05, 0) is 12.1 Å². The number of nitrogens with zero attached hydrogens (tertiary/aromatic N) is 3. The minimum atomic E-state index is -0.659. The molecule has 6 nitrogen and oxygen atoms in total. The summed E-state index contributed by atoms with van der Waals surface area (Å²) in [5.74, 6) is 0. The average Bonchev–Trinajstić information content (AvgIpc) is 2.92. The van der Waals surface area contributed by atoms with Crippen LogP contribution in [-0.2, 0) is 4.74 Å². The third-order valence-electron chi connectivity index (χ3n) is 3.03. The molecule has 3 atom stereocenters. The SMILES string of the molecule is OC[C@H]1O[C@@H](n2nnc3ccccc32)C[C@@H]1O. The van der Waals surface area contributed by atoms with Crippen molar-refractivity contribution < 1.29 is 14.9 Å². The summed E-state index contributed by atoms with van der Waals surface area (Å²) in [4.78, 5) is 0. The van der Waals surface area contributed by atoms with Gasteiger partial charge >= 0.3 is 0 Å². The Hall–Kier alpha value is -1.50. The zero-order valence-corrected chi connectivity index (χ0v) is 9.10. The van der Waals surface area contributed by atoms with Crippen molar-refractivity contribution in [1.82, 2.24) is 15.0 Å². The second-order valence-electron chi connectivity index (χ2n) is 4.14. The average molecular weight is 235 g/mol. The van der Waals surface area contributed by atoms with E-state index in [4.69, 9.17) is 9.84 Å². The third-order valence-corrected chi connectivity index (χ3v) is 3.03. The van der Waals surface area contributed by atoms with Crippen LogP contribution in [0.5, 0.6) is 0 Å². The van der Waals surface area contributed by atoms with Crippen LogP contribution in [0, 0.1) is 0 Å². The van der Waals surface area contributed by atoms with Gasteiger partial charge in [-0.25, -0.2) is 4.68 Å². The summed E-state index contributed by atoms with van der Waals surface area (Å²) in [6, 6.07) is 7.56. The Bertz CT molecular complexity index is 527. The van der Waals surface area contributed by atoms with E-state index in [9.17, 15) is 5.11 Å². The van der Waals surface area contributed by atoms with Crippen LogP contribution in [0.4, 0.5) is 0 Å². The summed E-state index contributed by atoms with van der Waals surface area (Å²) in [5, 5.41) is 26.8. The van der Waals surface area contributed by atoms with E-state index in [0.717, 1.165) is 11.0 Å². The number of fused-ring (bicyclic) bond motifs is 1. The predicted octanol–water partition coefficient (Wildman–Crippen LogP) is 0.0720. The standard InChI is InChI=1S/C11H13N3O3/c15-6-10-9(16)5-11(17-10)14-8-4-2-1-3-7(8)12-13-14/h1-4,9-11,15-16H,5-6H2/t9-,10+,11+/m0/s1. The van der Waals surface area contributed by atoms with Crippen molar-refractivity contribution in [2.75, 3.05) is 6.61 Å². The molecule has 0 saturated carbocycles. The molecular formula is C11H13N3O3. The molecule has 90 valence electrons. The number of aromatic nitrogens is 3. The first-order valence-corrected chi connectivity index (χ1v) is 5.54. The molecule has 0 unspecified atom stereocenters. The molecule has 1 aromatic carbocycles. The number of hydrogen-bond donors (Lipinski definition) is 2. The minimum Gasteiger partial charge on any atom is -0.394 e. The van der Waals surface area contributed by atoms with Crippen LogP contribution in [0.2, 0.25) is 0 Å². The zero-order chi connectivity index (χ0) is 11.8. The number of ether oxygens (including phenoxy) is 1. The van der Waals surface area contributed by atoms with Crippen molar-refractivity contribution in [3.63, 3.8) is 0 Å². The number of para-hydroxylation sites is 1. The van der Waals surface area contributed by atoms with E-state index in [1.165, 1.54) is 0 Å². The van der Waals surface area contributed by atoms with Gasteiger partial charge in [0.1, 0.15) is 11.6 Å². The highest BCUT2D eigenvalue weighted by atomic mass is 16.5.